The number of methoxy groups -OCH3 is 1. The Morgan fingerprint density at radius 2 is 1.78 bits per heavy atom. The summed E-state index contributed by atoms with van der Waals surface area (Å²) in [6, 6.07) is 7.68. The lowest BCUT2D eigenvalue weighted by molar-refractivity contribution is -0.148. The summed E-state index contributed by atoms with van der Waals surface area (Å²) in [7, 11) is 1.49. The maximum Gasteiger partial charge on any atom is 0.417 e. The molecule has 0 spiro atoms. The van der Waals surface area contributed by atoms with E-state index in [1.54, 1.807) is 24.3 Å². The van der Waals surface area contributed by atoms with Gasteiger partial charge in [0.1, 0.15) is 12.3 Å². The zero-order valence-corrected chi connectivity index (χ0v) is 14.1. The molecule has 0 saturated heterocycles. The Morgan fingerprint density at radius 1 is 1.11 bits per heavy atom. The Kier molecular flexibility index (Phi) is 6.22. The lowest BCUT2D eigenvalue weighted by atomic mass is 10.3. The highest BCUT2D eigenvalue weighted by Crippen LogP contribution is 2.28. The summed E-state index contributed by atoms with van der Waals surface area (Å²) in [5.41, 5.74) is -1.44. The molecule has 0 aliphatic heterocycles. The minimum Gasteiger partial charge on any atom is -0.497 e. The predicted octanol–water partition coefficient (Wildman–Crippen LogP) is 2.06. The Bertz CT molecular complexity index is 875. The molecule has 0 fully saturated rings. The van der Waals surface area contributed by atoms with E-state index < -0.39 is 42.3 Å². The molecule has 0 aliphatic carbocycles. The molecular weight excluding hydrogens is 369 g/mol. The zero-order valence-electron chi connectivity index (χ0n) is 14.1. The van der Waals surface area contributed by atoms with Crippen LogP contribution in [-0.2, 0) is 27.0 Å². The summed E-state index contributed by atoms with van der Waals surface area (Å²) >= 11 is 0. The number of alkyl halides is 3. The van der Waals surface area contributed by atoms with Gasteiger partial charge in [0, 0.05) is 18.0 Å². The number of hydrogen-bond donors (Lipinski definition) is 1. The standard InChI is InChI=1S/C17H15F3N2O5/c1-26-13-5-3-12(4-6-13)21-14(23)10-27-16(25)9-22-8-11(17(18,19)20)2-7-15(22)24/h2-8H,9-10H2,1H3,(H,21,23). The molecule has 7 nitrogen and oxygen atoms in total. The predicted molar refractivity (Wildman–Crippen MR) is 88.3 cm³/mol. The summed E-state index contributed by atoms with van der Waals surface area (Å²) in [5.74, 6) is -1.09. The topological polar surface area (TPSA) is 86.6 Å². The molecule has 0 unspecified atom stereocenters. The number of aromatic nitrogens is 1. The van der Waals surface area contributed by atoms with E-state index in [4.69, 9.17) is 4.74 Å². The molecule has 1 N–H and O–H groups in total. The highest BCUT2D eigenvalue weighted by Gasteiger charge is 2.31. The van der Waals surface area contributed by atoms with Gasteiger partial charge in [0.05, 0.1) is 12.7 Å². The number of nitrogens with zero attached hydrogens (tertiary/aromatic N) is 1. The highest BCUT2D eigenvalue weighted by molar-refractivity contribution is 5.92. The van der Waals surface area contributed by atoms with Gasteiger partial charge in [0.15, 0.2) is 6.61 Å². The number of rotatable bonds is 6. The third kappa shape index (κ3) is 5.87. The Morgan fingerprint density at radius 3 is 2.37 bits per heavy atom. The second-order valence-electron chi connectivity index (χ2n) is 5.32. The number of amides is 1. The normalized spacial score (nSPS) is 11.0. The van der Waals surface area contributed by atoms with Gasteiger partial charge in [0.25, 0.3) is 11.5 Å². The van der Waals surface area contributed by atoms with Crippen LogP contribution in [0.25, 0.3) is 0 Å². The van der Waals surface area contributed by atoms with E-state index in [9.17, 15) is 27.6 Å². The van der Waals surface area contributed by atoms with Gasteiger partial charge in [-0.25, -0.2) is 0 Å². The van der Waals surface area contributed by atoms with Crippen LogP contribution in [-0.4, -0.2) is 30.2 Å². The van der Waals surface area contributed by atoms with E-state index in [2.05, 4.69) is 10.1 Å². The molecule has 1 heterocycles. The Labute approximate surface area is 151 Å². The van der Waals surface area contributed by atoms with Crippen molar-refractivity contribution in [1.82, 2.24) is 4.57 Å². The van der Waals surface area contributed by atoms with Crippen LogP contribution in [0.5, 0.6) is 5.75 Å². The van der Waals surface area contributed by atoms with Crippen LogP contribution in [0.3, 0.4) is 0 Å². The number of nitrogens with one attached hydrogen (secondary N) is 1. The molecule has 2 aromatic rings. The number of halogens is 3. The second kappa shape index (κ2) is 8.39. The van der Waals surface area contributed by atoms with E-state index in [0.29, 0.717) is 34.3 Å². The number of carbonyl (C=O) groups excluding carboxylic acids is 2. The van der Waals surface area contributed by atoms with E-state index in [1.807, 2.05) is 0 Å². The first-order chi connectivity index (χ1) is 12.7. The molecule has 1 amide bonds. The number of ether oxygens (including phenoxy) is 2. The lowest BCUT2D eigenvalue weighted by Gasteiger charge is -2.11. The third-order valence-corrected chi connectivity index (χ3v) is 3.35. The summed E-state index contributed by atoms with van der Waals surface area (Å²) in [6.07, 6.45) is -4.14. The second-order valence-corrected chi connectivity index (χ2v) is 5.32. The van der Waals surface area contributed by atoms with E-state index in [-0.39, 0.29) is 0 Å². The number of hydrogen-bond acceptors (Lipinski definition) is 5. The van der Waals surface area contributed by atoms with Crippen LogP contribution in [0, 0.1) is 0 Å². The van der Waals surface area contributed by atoms with Crippen LogP contribution in [0.15, 0.2) is 47.4 Å². The Balaban J connectivity index is 1.90. The summed E-state index contributed by atoms with van der Waals surface area (Å²) < 4.78 is 48.2. The van der Waals surface area contributed by atoms with Crippen molar-refractivity contribution in [3.05, 3.63) is 58.5 Å². The Hall–Kier alpha value is -3.30. The number of pyridine rings is 1. The summed E-state index contributed by atoms with van der Waals surface area (Å²) in [4.78, 5) is 35.0. The molecule has 144 valence electrons. The quantitative estimate of drug-likeness (QED) is 0.771. The first-order valence-electron chi connectivity index (χ1n) is 7.56. The van der Waals surface area contributed by atoms with Crippen LogP contribution in [0.4, 0.5) is 18.9 Å². The summed E-state index contributed by atoms with van der Waals surface area (Å²) in [5, 5.41) is 2.46. The molecule has 1 aromatic heterocycles. The minimum atomic E-state index is -4.66. The number of benzene rings is 1. The average Bonchev–Trinajstić information content (AvgIpc) is 2.61. The molecular formula is C17H15F3N2O5. The maximum absolute atomic E-state index is 12.7. The van der Waals surface area contributed by atoms with Gasteiger partial charge in [-0.3, -0.25) is 14.4 Å². The van der Waals surface area contributed by atoms with Gasteiger partial charge in [0.2, 0.25) is 0 Å². The number of anilines is 1. The van der Waals surface area contributed by atoms with Gasteiger partial charge in [-0.2, -0.15) is 13.2 Å². The number of esters is 1. The molecule has 2 rings (SSSR count). The van der Waals surface area contributed by atoms with Gasteiger partial charge in [-0.1, -0.05) is 0 Å². The fourth-order valence-corrected chi connectivity index (χ4v) is 2.02. The monoisotopic (exact) mass is 384 g/mol. The van der Waals surface area contributed by atoms with Gasteiger partial charge < -0.3 is 19.4 Å². The van der Waals surface area contributed by atoms with Crippen molar-refractivity contribution >= 4 is 17.6 Å². The highest BCUT2D eigenvalue weighted by atomic mass is 19.4. The molecule has 0 aliphatic rings. The first-order valence-corrected chi connectivity index (χ1v) is 7.56. The third-order valence-electron chi connectivity index (χ3n) is 3.35. The van der Waals surface area contributed by atoms with Gasteiger partial charge in [-0.05, 0) is 30.3 Å². The molecule has 0 atom stereocenters. The van der Waals surface area contributed by atoms with Crippen molar-refractivity contribution in [2.45, 2.75) is 12.7 Å². The minimum absolute atomic E-state index is 0.436. The van der Waals surface area contributed by atoms with Crippen LogP contribution in [0.2, 0.25) is 0 Å². The van der Waals surface area contributed by atoms with Crippen molar-refractivity contribution in [2.75, 3.05) is 19.0 Å². The maximum atomic E-state index is 12.7. The zero-order chi connectivity index (χ0) is 20.0. The van der Waals surface area contributed by atoms with Crippen LogP contribution in [0.1, 0.15) is 5.56 Å². The smallest absolute Gasteiger partial charge is 0.417 e. The van der Waals surface area contributed by atoms with Crippen molar-refractivity contribution in [1.29, 1.82) is 0 Å². The summed E-state index contributed by atoms with van der Waals surface area (Å²) in [6.45, 7) is -1.41. The molecule has 27 heavy (non-hydrogen) atoms. The largest absolute Gasteiger partial charge is 0.497 e. The van der Waals surface area contributed by atoms with Gasteiger partial charge >= 0.3 is 12.1 Å². The molecule has 0 bridgehead atoms. The van der Waals surface area contributed by atoms with Crippen molar-refractivity contribution < 1.29 is 32.2 Å². The first kappa shape index (κ1) is 20.0. The molecule has 0 radical (unpaired) electrons. The molecule has 1 aromatic carbocycles. The van der Waals surface area contributed by atoms with Crippen LogP contribution < -0.4 is 15.6 Å². The van der Waals surface area contributed by atoms with Crippen LogP contribution >= 0.6 is 0 Å². The van der Waals surface area contributed by atoms with Crippen molar-refractivity contribution in [3.63, 3.8) is 0 Å². The fourth-order valence-electron chi connectivity index (χ4n) is 2.02. The molecule has 0 saturated carbocycles. The fraction of sp³-hybridized carbons (Fsp3) is 0.235. The number of carbonyl (C=O) groups is 2. The average molecular weight is 384 g/mol. The van der Waals surface area contributed by atoms with Crippen molar-refractivity contribution in [2.24, 2.45) is 0 Å². The SMILES string of the molecule is COc1ccc(NC(=O)COC(=O)Cn2cc(C(F)(F)F)ccc2=O)cc1. The van der Waals surface area contributed by atoms with E-state index >= 15 is 0 Å². The lowest BCUT2D eigenvalue weighted by Crippen LogP contribution is -2.28. The van der Waals surface area contributed by atoms with Gasteiger partial charge in [-0.15, -0.1) is 0 Å². The van der Waals surface area contributed by atoms with Crippen molar-refractivity contribution in [3.8, 4) is 5.75 Å². The van der Waals surface area contributed by atoms with E-state index in [0.717, 1.165) is 0 Å². The molecule has 10 heteroatoms. The van der Waals surface area contributed by atoms with E-state index in [1.165, 1.54) is 7.11 Å².